The van der Waals surface area contributed by atoms with E-state index >= 15 is 0 Å². The summed E-state index contributed by atoms with van der Waals surface area (Å²) in [6.07, 6.45) is 0. The lowest BCUT2D eigenvalue weighted by atomic mass is 9.88. The van der Waals surface area contributed by atoms with E-state index < -0.39 is 0 Å². The third-order valence-electron chi connectivity index (χ3n) is 4.95. The van der Waals surface area contributed by atoms with Crippen molar-refractivity contribution in [3.05, 3.63) is 71.8 Å². The molecular weight excluding hydrogens is 332 g/mol. The Morgan fingerprint density at radius 3 is 2.04 bits per heavy atom. The van der Waals surface area contributed by atoms with Gasteiger partial charge in [0.15, 0.2) is 5.75 Å². The first-order valence-corrected chi connectivity index (χ1v) is 8.53. The van der Waals surface area contributed by atoms with Gasteiger partial charge in [-0.2, -0.15) is 0 Å². The van der Waals surface area contributed by atoms with Gasteiger partial charge in [0.2, 0.25) is 0 Å². The van der Waals surface area contributed by atoms with Crippen LogP contribution in [0.15, 0.2) is 66.7 Å². The minimum absolute atomic E-state index is 0.623. The van der Waals surface area contributed by atoms with Gasteiger partial charge in [-0.3, -0.25) is 0 Å². The lowest BCUT2D eigenvalue weighted by Crippen LogP contribution is -2.02. The topological polar surface area (TPSA) is 18.5 Å². The molecule has 0 bridgehead atoms. The summed E-state index contributed by atoms with van der Waals surface area (Å²) >= 11 is 6.36. The van der Waals surface area contributed by atoms with Gasteiger partial charge >= 0.3 is 0 Å². The maximum atomic E-state index is 6.36. The van der Waals surface area contributed by atoms with Crippen molar-refractivity contribution >= 4 is 22.4 Å². The molecule has 25 heavy (non-hydrogen) atoms. The van der Waals surface area contributed by atoms with Gasteiger partial charge in [-0.25, -0.2) is 0 Å². The molecule has 118 valence electrons. The van der Waals surface area contributed by atoms with Crippen molar-refractivity contribution < 1.29 is 9.47 Å². The minimum Gasteiger partial charge on any atom is -0.456 e. The Morgan fingerprint density at radius 1 is 0.520 bits per heavy atom. The Morgan fingerprint density at radius 2 is 1.20 bits per heavy atom. The fourth-order valence-electron chi connectivity index (χ4n) is 3.88. The second-order valence-electron chi connectivity index (χ2n) is 6.29. The Hall–Kier alpha value is -2.97. The lowest BCUT2D eigenvalue weighted by molar-refractivity contribution is 0.480. The molecule has 2 heterocycles. The van der Waals surface area contributed by atoms with Crippen LogP contribution in [-0.4, -0.2) is 0 Å². The predicted octanol–water partition coefficient (Wildman–Crippen LogP) is 7.04. The van der Waals surface area contributed by atoms with Crippen LogP contribution in [-0.2, 0) is 0 Å². The summed E-state index contributed by atoms with van der Waals surface area (Å²) in [7, 11) is 0. The first kappa shape index (κ1) is 13.3. The van der Waals surface area contributed by atoms with E-state index in [1.54, 1.807) is 0 Å². The van der Waals surface area contributed by atoms with Crippen molar-refractivity contribution in [1.29, 1.82) is 0 Å². The Bertz CT molecular complexity index is 1210. The number of hydrogen-bond donors (Lipinski definition) is 0. The molecule has 0 saturated carbocycles. The van der Waals surface area contributed by atoms with Crippen LogP contribution in [0.25, 0.3) is 33.0 Å². The number of ether oxygens (including phenoxy) is 2. The molecule has 0 saturated heterocycles. The van der Waals surface area contributed by atoms with E-state index in [0.29, 0.717) is 5.02 Å². The van der Waals surface area contributed by atoms with Crippen LogP contribution in [0.2, 0.25) is 5.02 Å². The molecule has 2 aliphatic heterocycles. The average molecular weight is 343 g/mol. The fourth-order valence-corrected chi connectivity index (χ4v) is 4.10. The molecule has 0 aromatic heterocycles. The van der Waals surface area contributed by atoms with Crippen molar-refractivity contribution in [3.63, 3.8) is 0 Å². The van der Waals surface area contributed by atoms with Gasteiger partial charge in [0.1, 0.15) is 17.2 Å². The summed E-state index contributed by atoms with van der Waals surface area (Å²) in [6.45, 7) is 0. The second-order valence-corrected chi connectivity index (χ2v) is 6.70. The predicted molar refractivity (Wildman–Crippen MR) is 100.0 cm³/mol. The highest BCUT2D eigenvalue weighted by atomic mass is 35.5. The third-order valence-corrected chi connectivity index (χ3v) is 5.25. The van der Waals surface area contributed by atoms with Gasteiger partial charge in [0.05, 0.1) is 5.02 Å². The first-order valence-electron chi connectivity index (χ1n) is 8.15. The number of halogens is 1. The maximum absolute atomic E-state index is 6.36. The SMILES string of the molecule is Clc1cccc2c1Oc1ccc3c4c(ccc-2c14)Oc1ccccc1-3. The highest BCUT2D eigenvalue weighted by molar-refractivity contribution is 6.33. The van der Waals surface area contributed by atoms with Crippen LogP contribution in [0.4, 0.5) is 0 Å². The van der Waals surface area contributed by atoms with Gasteiger partial charge in [0, 0.05) is 21.9 Å². The van der Waals surface area contributed by atoms with Crippen molar-refractivity contribution in [3.8, 4) is 45.3 Å². The fraction of sp³-hybridized carbons (Fsp3) is 0. The first-order chi connectivity index (χ1) is 12.3. The van der Waals surface area contributed by atoms with Crippen LogP contribution >= 0.6 is 11.6 Å². The molecular formula is C22H11ClO2. The molecule has 0 fully saturated rings. The van der Waals surface area contributed by atoms with Crippen LogP contribution in [0.1, 0.15) is 0 Å². The number of rotatable bonds is 0. The van der Waals surface area contributed by atoms with Gasteiger partial charge in [-0.05, 0) is 47.5 Å². The van der Waals surface area contributed by atoms with E-state index in [1.807, 2.05) is 48.5 Å². The van der Waals surface area contributed by atoms with E-state index in [0.717, 1.165) is 50.5 Å². The molecule has 0 spiro atoms. The molecule has 0 amide bonds. The van der Waals surface area contributed by atoms with E-state index in [9.17, 15) is 0 Å². The second kappa shape index (κ2) is 4.56. The number of fused-ring (bicyclic) bond motifs is 4. The Balaban J connectivity index is 1.78. The molecule has 2 aliphatic rings. The van der Waals surface area contributed by atoms with Crippen molar-refractivity contribution in [1.82, 2.24) is 0 Å². The molecule has 4 aromatic rings. The average Bonchev–Trinajstić information content (AvgIpc) is 2.65. The Kier molecular flexibility index (Phi) is 2.43. The standard InChI is InChI=1S/C22H11ClO2/c23-16-6-3-5-15-14-9-10-18-20-13(12-4-1-2-7-17(12)24-18)8-11-19(21(14)20)25-22(15)16/h1-11H. The molecule has 6 rings (SSSR count). The molecule has 0 unspecified atom stereocenters. The van der Waals surface area contributed by atoms with E-state index in [-0.39, 0.29) is 0 Å². The number of benzene rings is 4. The largest absolute Gasteiger partial charge is 0.456 e. The summed E-state index contributed by atoms with van der Waals surface area (Å²) < 4.78 is 12.3. The molecule has 0 N–H and O–H groups in total. The van der Waals surface area contributed by atoms with Gasteiger partial charge in [-0.1, -0.05) is 41.9 Å². The summed E-state index contributed by atoms with van der Waals surface area (Å²) in [5.74, 6) is 3.29. The maximum Gasteiger partial charge on any atom is 0.153 e. The van der Waals surface area contributed by atoms with Gasteiger partial charge < -0.3 is 9.47 Å². The van der Waals surface area contributed by atoms with Crippen LogP contribution in [0.5, 0.6) is 23.0 Å². The van der Waals surface area contributed by atoms with Crippen molar-refractivity contribution in [2.24, 2.45) is 0 Å². The van der Waals surface area contributed by atoms with E-state index in [2.05, 4.69) is 18.2 Å². The molecule has 3 heteroatoms. The number of para-hydroxylation sites is 2. The molecule has 4 aromatic carbocycles. The molecule has 0 atom stereocenters. The molecule has 2 nitrogen and oxygen atoms in total. The van der Waals surface area contributed by atoms with Crippen LogP contribution in [0.3, 0.4) is 0 Å². The third kappa shape index (κ3) is 1.65. The van der Waals surface area contributed by atoms with E-state index in [1.165, 1.54) is 5.56 Å². The molecule has 0 aliphatic carbocycles. The highest BCUT2D eigenvalue weighted by Gasteiger charge is 2.28. The lowest BCUT2D eigenvalue weighted by Gasteiger charge is -2.27. The summed E-state index contributed by atoms with van der Waals surface area (Å²) in [5.41, 5.74) is 4.42. The van der Waals surface area contributed by atoms with E-state index in [4.69, 9.17) is 21.1 Å². The van der Waals surface area contributed by atoms with Gasteiger partial charge in [-0.15, -0.1) is 0 Å². The van der Waals surface area contributed by atoms with Crippen molar-refractivity contribution in [2.75, 3.05) is 0 Å². The Labute approximate surface area is 149 Å². The normalized spacial score (nSPS) is 12.8. The summed E-state index contributed by atoms with van der Waals surface area (Å²) in [4.78, 5) is 0. The zero-order valence-corrected chi connectivity index (χ0v) is 13.8. The smallest absolute Gasteiger partial charge is 0.153 e. The van der Waals surface area contributed by atoms with Gasteiger partial charge in [0.25, 0.3) is 0 Å². The molecule has 0 radical (unpaired) electrons. The number of hydrogen-bond acceptors (Lipinski definition) is 2. The zero-order valence-electron chi connectivity index (χ0n) is 13.0. The summed E-state index contributed by atoms with van der Waals surface area (Å²) in [6, 6.07) is 22.2. The highest BCUT2D eigenvalue weighted by Crippen LogP contribution is 2.55. The summed E-state index contributed by atoms with van der Waals surface area (Å²) in [5, 5.41) is 2.80. The van der Waals surface area contributed by atoms with Crippen LogP contribution < -0.4 is 9.47 Å². The van der Waals surface area contributed by atoms with Crippen LogP contribution in [0, 0.1) is 0 Å². The van der Waals surface area contributed by atoms with Crippen molar-refractivity contribution in [2.45, 2.75) is 0 Å². The quantitative estimate of drug-likeness (QED) is 0.295. The minimum atomic E-state index is 0.623. The monoisotopic (exact) mass is 342 g/mol. The zero-order chi connectivity index (χ0) is 16.5.